The van der Waals surface area contributed by atoms with Crippen LogP contribution in [0.4, 0.5) is 5.13 Å². The quantitative estimate of drug-likeness (QED) is 0.568. The maximum Gasteiger partial charge on any atom is 0.276 e. The largest absolute Gasteiger partial charge is 0.337 e. The zero-order valence-electron chi connectivity index (χ0n) is 16.5. The number of fused-ring (bicyclic) bond motifs is 1. The number of anilines is 1. The lowest BCUT2D eigenvalue weighted by Gasteiger charge is -2.26. The van der Waals surface area contributed by atoms with Crippen molar-refractivity contribution in [1.29, 1.82) is 0 Å². The van der Waals surface area contributed by atoms with Gasteiger partial charge in [-0.2, -0.15) is 0 Å². The van der Waals surface area contributed by atoms with Crippen LogP contribution in [0.15, 0.2) is 48.7 Å². The van der Waals surface area contributed by atoms with Crippen molar-refractivity contribution in [2.45, 2.75) is 25.8 Å². The minimum absolute atomic E-state index is 0.0690. The predicted octanol–water partition coefficient (Wildman–Crippen LogP) is 3.99. The highest BCUT2D eigenvalue weighted by Gasteiger charge is 2.25. The molecule has 0 bridgehead atoms. The minimum Gasteiger partial charge on any atom is -0.337 e. The van der Waals surface area contributed by atoms with Crippen LogP contribution < -0.4 is 5.32 Å². The number of rotatable bonds is 6. The van der Waals surface area contributed by atoms with Crippen molar-refractivity contribution in [3.8, 4) is 0 Å². The van der Waals surface area contributed by atoms with Crippen molar-refractivity contribution in [1.82, 2.24) is 14.9 Å². The third kappa shape index (κ3) is 5.15. The second kappa shape index (κ2) is 9.36. The molecular weight excluding hydrogens is 436 g/mol. The van der Waals surface area contributed by atoms with Crippen LogP contribution in [0.1, 0.15) is 44.3 Å². The number of nitrogens with zero attached hydrogens (tertiary/aromatic N) is 3. The summed E-state index contributed by atoms with van der Waals surface area (Å²) in [6.45, 7) is 0.971. The number of hydrogen-bond donors (Lipinski definition) is 1. The summed E-state index contributed by atoms with van der Waals surface area (Å²) in [4.78, 5) is 48.4. The summed E-state index contributed by atoms with van der Waals surface area (Å²) < 4.78 is 0. The molecule has 1 aliphatic rings. The van der Waals surface area contributed by atoms with Gasteiger partial charge in [-0.1, -0.05) is 29.0 Å². The van der Waals surface area contributed by atoms with E-state index in [9.17, 15) is 14.4 Å². The first-order chi connectivity index (χ1) is 15.0. The molecule has 31 heavy (non-hydrogen) atoms. The van der Waals surface area contributed by atoms with Crippen LogP contribution in [-0.2, 0) is 17.8 Å². The van der Waals surface area contributed by atoms with E-state index in [1.54, 1.807) is 53.6 Å². The summed E-state index contributed by atoms with van der Waals surface area (Å²) in [5, 5.41) is 3.83. The van der Waals surface area contributed by atoms with Crippen molar-refractivity contribution in [2.24, 2.45) is 0 Å². The lowest BCUT2D eigenvalue weighted by atomic mass is 10.1. The zero-order valence-corrected chi connectivity index (χ0v) is 18.1. The zero-order chi connectivity index (χ0) is 21.8. The van der Waals surface area contributed by atoms with Crippen LogP contribution in [-0.4, -0.2) is 39.0 Å². The smallest absolute Gasteiger partial charge is 0.276 e. The number of pyridine rings is 1. The Morgan fingerprint density at radius 2 is 1.90 bits per heavy atom. The van der Waals surface area contributed by atoms with Gasteiger partial charge in [0.25, 0.3) is 5.91 Å². The molecule has 1 aliphatic heterocycles. The Bertz CT molecular complexity index is 1120. The molecule has 2 aromatic heterocycles. The van der Waals surface area contributed by atoms with Gasteiger partial charge in [0, 0.05) is 47.5 Å². The lowest BCUT2D eigenvalue weighted by Crippen LogP contribution is -2.35. The monoisotopic (exact) mass is 454 g/mol. The fourth-order valence-electron chi connectivity index (χ4n) is 3.28. The number of halogens is 1. The Labute approximate surface area is 188 Å². The van der Waals surface area contributed by atoms with Gasteiger partial charge in [0.15, 0.2) is 10.9 Å². The van der Waals surface area contributed by atoms with Gasteiger partial charge < -0.3 is 4.90 Å². The molecule has 3 aromatic rings. The molecule has 0 saturated carbocycles. The van der Waals surface area contributed by atoms with Crippen LogP contribution in [0.5, 0.6) is 0 Å². The highest BCUT2D eigenvalue weighted by molar-refractivity contribution is 7.15. The third-order valence-electron chi connectivity index (χ3n) is 4.93. The average molecular weight is 455 g/mol. The molecule has 0 aliphatic carbocycles. The molecule has 9 heteroatoms. The summed E-state index contributed by atoms with van der Waals surface area (Å²) in [7, 11) is 0. The van der Waals surface area contributed by atoms with Crippen molar-refractivity contribution in [3.63, 3.8) is 0 Å². The normalized spacial score (nSPS) is 12.9. The van der Waals surface area contributed by atoms with E-state index in [4.69, 9.17) is 11.6 Å². The van der Waals surface area contributed by atoms with Gasteiger partial charge in [0.1, 0.15) is 5.69 Å². The summed E-state index contributed by atoms with van der Waals surface area (Å²) in [5.41, 5.74) is 1.76. The Hall–Kier alpha value is -3.10. The Morgan fingerprint density at radius 1 is 1.10 bits per heavy atom. The van der Waals surface area contributed by atoms with E-state index < -0.39 is 0 Å². The van der Waals surface area contributed by atoms with E-state index in [1.165, 1.54) is 11.3 Å². The molecule has 0 atom stereocenters. The second-order valence-electron chi connectivity index (χ2n) is 7.05. The van der Waals surface area contributed by atoms with Gasteiger partial charge in [0.05, 0.1) is 12.2 Å². The van der Waals surface area contributed by atoms with Crippen LogP contribution in [0, 0.1) is 0 Å². The molecule has 0 unspecified atom stereocenters. The van der Waals surface area contributed by atoms with Crippen LogP contribution in [0.25, 0.3) is 0 Å². The van der Waals surface area contributed by atoms with Crippen molar-refractivity contribution < 1.29 is 14.4 Å². The number of hydrogen-bond acceptors (Lipinski definition) is 6. The number of ketones is 1. The predicted molar refractivity (Wildman–Crippen MR) is 118 cm³/mol. The molecule has 7 nitrogen and oxygen atoms in total. The minimum atomic E-state index is -0.319. The number of Topliss-reactive ketones (excluding diaryl/α,β-unsaturated/α-hetero) is 1. The number of amides is 2. The molecular formula is C22H19ClN4O3S. The van der Waals surface area contributed by atoms with E-state index in [0.717, 1.165) is 10.6 Å². The second-order valence-corrected chi connectivity index (χ2v) is 8.57. The number of nitrogens with one attached hydrogen (secondary N) is 1. The van der Waals surface area contributed by atoms with E-state index in [0.29, 0.717) is 40.9 Å². The number of carbonyl (C=O) groups excluding carboxylic acids is 3. The maximum absolute atomic E-state index is 12.6. The fourth-order valence-corrected chi connectivity index (χ4v) is 4.42. The highest BCUT2D eigenvalue weighted by Crippen LogP contribution is 2.29. The standard InChI is InChI=1S/C22H19ClN4O3S/c23-15-6-4-14(5-7-15)18(28)8-9-20(29)27-12-10-16-19(13-27)31-22(25-16)26-21(30)17-3-1-2-11-24-17/h1-7,11H,8-10,12-13H2,(H,25,26,30). The Kier molecular flexibility index (Phi) is 6.39. The summed E-state index contributed by atoms with van der Waals surface area (Å²) >= 11 is 7.20. The number of aromatic nitrogens is 2. The molecule has 158 valence electrons. The summed E-state index contributed by atoms with van der Waals surface area (Å²) in [6, 6.07) is 11.8. The van der Waals surface area contributed by atoms with Crippen molar-refractivity contribution >= 4 is 45.7 Å². The van der Waals surface area contributed by atoms with Gasteiger partial charge >= 0.3 is 0 Å². The SMILES string of the molecule is O=C(CCC(=O)N1CCc2nc(NC(=O)c3ccccn3)sc2C1)c1ccc(Cl)cc1. The number of thiazole rings is 1. The van der Waals surface area contributed by atoms with Gasteiger partial charge in [-0.15, -0.1) is 0 Å². The molecule has 2 amide bonds. The van der Waals surface area contributed by atoms with E-state index in [2.05, 4.69) is 15.3 Å². The molecule has 3 heterocycles. The summed E-state index contributed by atoms with van der Waals surface area (Å²) in [6.07, 6.45) is 2.47. The molecule has 0 radical (unpaired) electrons. The van der Waals surface area contributed by atoms with Crippen LogP contribution >= 0.6 is 22.9 Å². The molecule has 0 spiro atoms. The molecule has 1 N–H and O–H groups in total. The van der Waals surface area contributed by atoms with E-state index in [-0.39, 0.29) is 30.4 Å². The molecule has 0 fully saturated rings. The molecule has 0 saturated heterocycles. The third-order valence-corrected chi connectivity index (χ3v) is 6.18. The Balaban J connectivity index is 1.33. The first kappa shape index (κ1) is 21.1. The maximum atomic E-state index is 12.6. The lowest BCUT2D eigenvalue weighted by molar-refractivity contribution is -0.132. The Morgan fingerprint density at radius 3 is 2.65 bits per heavy atom. The van der Waals surface area contributed by atoms with E-state index in [1.807, 2.05) is 0 Å². The van der Waals surface area contributed by atoms with Crippen LogP contribution in [0.2, 0.25) is 5.02 Å². The van der Waals surface area contributed by atoms with Crippen LogP contribution in [0.3, 0.4) is 0 Å². The van der Waals surface area contributed by atoms with Gasteiger partial charge in [-0.05, 0) is 36.4 Å². The van der Waals surface area contributed by atoms with Crippen molar-refractivity contribution in [2.75, 3.05) is 11.9 Å². The first-order valence-corrected chi connectivity index (χ1v) is 11.0. The highest BCUT2D eigenvalue weighted by atomic mass is 35.5. The molecule has 1 aromatic carbocycles. The van der Waals surface area contributed by atoms with Gasteiger partial charge in [0.2, 0.25) is 5.91 Å². The van der Waals surface area contributed by atoms with Gasteiger partial charge in [-0.3, -0.25) is 24.7 Å². The fraction of sp³-hybridized carbons (Fsp3) is 0.227. The van der Waals surface area contributed by atoms with Gasteiger partial charge in [-0.25, -0.2) is 4.98 Å². The number of benzene rings is 1. The van der Waals surface area contributed by atoms with Crippen molar-refractivity contribution in [3.05, 3.63) is 75.5 Å². The summed E-state index contributed by atoms with van der Waals surface area (Å²) in [5.74, 6) is -0.471. The first-order valence-electron chi connectivity index (χ1n) is 9.77. The topological polar surface area (TPSA) is 92.3 Å². The van der Waals surface area contributed by atoms with E-state index >= 15 is 0 Å². The average Bonchev–Trinajstić information content (AvgIpc) is 3.19. The number of carbonyl (C=O) groups is 3. The molecule has 4 rings (SSSR count).